The van der Waals surface area contributed by atoms with Gasteiger partial charge in [-0.15, -0.1) is 0 Å². The maximum absolute atomic E-state index is 11.9. The van der Waals surface area contributed by atoms with Crippen molar-refractivity contribution in [1.29, 1.82) is 0 Å². The van der Waals surface area contributed by atoms with Gasteiger partial charge < -0.3 is 14.8 Å². The van der Waals surface area contributed by atoms with Crippen LogP contribution < -0.4 is 10.1 Å². The fourth-order valence-electron chi connectivity index (χ4n) is 2.29. The summed E-state index contributed by atoms with van der Waals surface area (Å²) < 4.78 is 10.2. The minimum atomic E-state index is -0.596. The summed E-state index contributed by atoms with van der Waals surface area (Å²) in [6.45, 7) is 3.54. The molecule has 0 unspecified atom stereocenters. The molecule has 130 valence electrons. The van der Waals surface area contributed by atoms with E-state index in [0.29, 0.717) is 11.4 Å². The Hall–Kier alpha value is -3.08. The van der Waals surface area contributed by atoms with E-state index in [4.69, 9.17) is 9.47 Å². The van der Waals surface area contributed by atoms with Gasteiger partial charge in [-0.3, -0.25) is 4.79 Å². The van der Waals surface area contributed by atoms with E-state index in [1.54, 1.807) is 19.3 Å². The highest BCUT2D eigenvalue weighted by Crippen LogP contribution is 2.18. The third-order valence-electron chi connectivity index (χ3n) is 3.54. The molecule has 2 aromatic rings. The molecule has 2 aromatic carbocycles. The predicted octanol–water partition coefficient (Wildman–Crippen LogP) is 3.51. The molecule has 0 radical (unpaired) electrons. The highest BCUT2D eigenvalue weighted by atomic mass is 16.5. The molecule has 5 heteroatoms. The number of amides is 1. The molecule has 0 saturated heterocycles. The quantitative estimate of drug-likeness (QED) is 0.646. The van der Waals surface area contributed by atoms with E-state index < -0.39 is 5.97 Å². The zero-order chi connectivity index (χ0) is 18.2. The summed E-state index contributed by atoms with van der Waals surface area (Å²) in [5.41, 5.74) is 3.53. The number of rotatable bonds is 6. The number of hydrogen-bond acceptors (Lipinski definition) is 4. The van der Waals surface area contributed by atoms with Crippen LogP contribution in [0.5, 0.6) is 5.75 Å². The van der Waals surface area contributed by atoms with Crippen molar-refractivity contribution in [3.63, 3.8) is 0 Å². The van der Waals surface area contributed by atoms with E-state index in [1.807, 2.05) is 50.2 Å². The second-order valence-corrected chi connectivity index (χ2v) is 5.55. The Morgan fingerprint density at radius 1 is 1.12 bits per heavy atom. The van der Waals surface area contributed by atoms with Crippen molar-refractivity contribution in [3.05, 3.63) is 65.2 Å². The molecule has 0 aliphatic rings. The SMILES string of the molecule is COc1ccccc1/C=C/C(=O)OCC(=O)Nc1ccc(C)cc1C. The fourth-order valence-corrected chi connectivity index (χ4v) is 2.29. The summed E-state index contributed by atoms with van der Waals surface area (Å²) in [6.07, 6.45) is 2.85. The number of ether oxygens (including phenoxy) is 2. The number of carbonyl (C=O) groups excluding carboxylic acids is 2. The molecule has 0 saturated carbocycles. The largest absolute Gasteiger partial charge is 0.496 e. The molecule has 0 heterocycles. The second kappa shape index (κ2) is 8.68. The molecule has 0 aliphatic heterocycles. The molecule has 0 bridgehead atoms. The van der Waals surface area contributed by atoms with Crippen LogP contribution in [0.4, 0.5) is 5.69 Å². The predicted molar refractivity (Wildman–Crippen MR) is 97.5 cm³/mol. The monoisotopic (exact) mass is 339 g/mol. The summed E-state index contributed by atoms with van der Waals surface area (Å²) in [5.74, 6) is -0.327. The Balaban J connectivity index is 1.87. The highest BCUT2D eigenvalue weighted by Gasteiger charge is 2.08. The highest BCUT2D eigenvalue weighted by molar-refractivity contribution is 5.95. The first-order valence-corrected chi connectivity index (χ1v) is 7.84. The number of carbonyl (C=O) groups is 2. The third-order valence-corrected chi connectivity index (χ3v) is 3.54. The first kappa shape index (κ1) is 18.3. The summed E-state index contributed by atoms with van der Waals surface area (Å²) in [6, 6.07) is 13.0. The van der Waals surface area contributed by atoms with Crippen LogP contribution in [0.2, 0.25) is 0 Å². The number of esters is 1. The molecule has 0 fully saturated rings. The summed E-state index contributed by atoms with van der Waals surface area (Å²) >= 11 is 0. The van der Waals surface area contributed by atoms with Crippen LogP contribution in [0.25, 0.3) is 6.08 Å². The van der Waals surface area contributed by atoms with Crippen LogP contribution in [-0.4, -0.2) is 25.6 Å². The lowest BCUT2D eigenvalue weighted by Gasteiger charge is -2.09. The number of hydrogen-bond donors (Lipinski definition) is 1. The van der Waals surface area contributed by atoms with Crippen LogP contribution in [0.3, 0.4) is 0 Å². The van der Waals surface area contributed by atoms with Crippen LogP contribution in [0.1, 0.15) is 16.7 Å². The van der Waals surface area contributed by atoms with Crippen LogP contribution in [0, 0.1) is 13.8 Å². The van der Waals surface area contributed by atoms with Gasteiger partial charge in [0.15, 0.2) is 6.61 Å². The summed E-state index contributed by atoms with van der Waals surface area (Å²) in [5, 5.41) is 2.72. The molecule has 5 nitrogen and oxygen atoms in total. The van der Waals surface area contributed by atoms with Gasteiger partial charge in [0.1, 0.15) is 5.75 Å². The third kappa shape index (κ3) is 5.49. The average molecular weight is 339 g/mol. The normalized spacial score (nSPS) is 10.5. The zero-order valence-electron chi connectivity index (χ0n) is 14.5. The standard InChI is InChI=1S/C20H21NO4/c1-14-8-10-17(15(2)12-14)21-19(22)13-25-20(23)11-9-16-6-4-5-7-18(16)24-3/h4-12H,13H2,1-3H3,(H,21,22)/b11-9+. The topological polar surface area (TPSA) is 64.6 Å². The van der Waals surface area contributed by atoms with Gasteiger partial charge in [0.25, 0.3) is 5.91 Å². The van der Waals surface area contributed by atoms with E-state index in [-0.39, 0.29) is 12.5 Å². The Morgan fingerprint density at radius 3 is 2.60 bits per heavy atom. The number of benzene rings is 2. The minimum absolute atomic E-state index is 0.345. The van der Waals surface area contributed by atoms with Gasteiger partial charge >= 0.3 is 5.97 Å². The van der Waals surface area contributed by atoms with Gasteiger partial charge in [0.2, 0.25) is 0 Å². The van der Waals surface area contributed by atoms with E-state index in [1.165, 1.54) is 6.08 Å². The number of nitrogens with one attached hydrogen (secondary N) is 1. The molecule has 0 aliphatic carbocycles. The Labute approximate surface area is 147 Å². The maximum atomic E-state index is 11.9. The summed E-state index contributed by atoms with van der Waals surface area (Å²) in [4.78, 5) is 23.7. The van der Waals surface area contributed by atoms with E-state index in [2.05, 4.69) is 5.32 Å². The summed E-state index contributed by atoms with van der Waals surface area (Å²) in [7, 11) is 1.56. The molecule has 1 N–H and O–H groups in total. The van der Waals surface area contributed by atoms with E-state index >= 15 is 0 Å². The Morgan fingerprint density at radius 2 is 1.88 bits per heavy atom. The lowest BCUT2D eigenvalue weighted by Crippen LogP contribution is -2.20. The van der Waals surface area contributed by atoms with Gasteiger partial charge in [-0.25, -0.2) is 4.79 Å². The molecule has 1 amide bonds. The van der Waals surface area contributed by atoms with Crippen molar-refractivity contribution < 1.29 is 19.1 Å². The molecular weight excluding hydrogens is 318 g/mol. The number of aryl methyl sites for hydroxylation is 2. The first-order chi connectivity index (χ1) is 12.0. The van der Waals surface area contributed by atoms with Crippen LogP contribution >= 0.6 is 0 Å². The first-order valence-electron chi connectivity index (χ1n) is 7.84. The van der Waals surface area contributed by atoms with Gasteiger partial charge in [0, 0.05) is 17.3 Å². The minimum Gasteiger partial charge on any atom is -0.496 e. The maximum Gasteiger partial charge on any atom is 0.331 e. The smallest absolute Gasteiger partial charge is 0.331 e. The number of methoxy groups -OCH3 is 1. The molecule has 0 spiro atoms. The van der Waals surface area contributed by atoms with E-state index in [9.17, 15) is 9.59 Å². The van der Waals surface area contributed by atoms with Crippen molar-refractivity contribution in [3.8, 4) is 5.75 Å². The molecule has 0 aromatic heterocycles. The Kier molecular flexibility index (Phi) is 6.34. The van der Waals surface area contributed by atoms with Crippen molar-refractivity contribution in [2.45, 2.75) is 13.8 Å². The van der Waals surface area contributed by atoms with Gasteiger partial charge in [0.05, 0.1) is 7.11 Å². The molecule has 2 rings (SSSR count). The molecular formula is C20H21NO4. The van der Waals surface area contributed by atoms with Crippen LogP contribution in [-0.2, 0) is 14.3 Å². The van der Waals surface area contributed by atoms with E-state index in [0.717, 1.165) is 16.7 Å². The lowest BCUT2D eigenvalue weighted by atomic mass is 10.1. The van der Waals surface area contributed by atoms with Crippen LogP contribution in [0.15, 0.2) is 48.5 Å². The lowest BCUT2D eigenvalue weighted by molar-refractivity contribution is -0.142. The Bertz CT molecular complexity index is 796. The van der Waals surface area contributed by atoms with Gasteiger partial charge in [-0.2, -0.15) is 0 Å². The number of anilines is 1. The van der Waals surface area contributed by atoms with Crippen molar-refractivity contribution >= 4 is 23.6 Å². The second-order valence-electron chi connectivity index (χ2n) is 5.55. The zero-order valence-corrected chi connectivity index (χ0v) is 14.5. The van der Waals surface area contributed by atoms with Crippen molar-refractivity contribution in [2.24, 2.45) is 0 Å². The van der Waals surface area contributed by atoms with Crippen molar-refractivity contribution in [2.75, 3.05) is 19.0 Å². The number of para-hydroxylation sites is 1. The van der Waals surface area contributed by atoms with Gasteiger partial charge in [-0.05, 0) is 37.6 Å². The molecule has 0 atom stereocenters. The molecule has 25 heavy (non-hydrogen) atoms. The van der Waals surface area contributed by atoms with Gasteiger partial charge in [-0.1, -0.05) is 35.9 Å². The fraction of sp³-hybridized carbons (Fsp3) is 0.200. The van der Waals surface area contributed by atoms with Crippen molar-refractivity contribution in [1.82, 2.24) is 0 Å². The average Bonchev–Trinajstić information content (AvgIpc) is 2.60.